The van der Waals surface area contributed by atoms with Crippen molar-refractivity contribution in [2.45, 2.75) is 45.1 Å². The smallest absolute Gasteiger partial charge is 0.0738 e. The molecular weight excluding hydrogens is 278 g/mol. The summed E-state index contributed by atoms with van der Waals surface area (Å²) in [7, 11) is 2.05. The van der Waals surface area contributed by atoms with Gasteiger partial charge in [0.05, 0.1) is 15.9 Å². The van der Waals surface area contributed by atoms with Crippen LogP contribution in [0.1, 0.15) is 37.1 Å². The van der Waals surface area contributed by atoms with E-state index in [1.807, 2.05) is 4.68 Å². The summed E-state index contributed by atoms with van der Waals surface area (Å²) in [5.74, 6) is 0. The van der Waals surface area contributed by atoms with Crippen LogP contribution in [0.25, 0.3) is 0 Å². The van der Waals surface area contributed by atoms with Crippen LogP contribution in [0, 0.1) is 12.3 Å². The second-order valence-electron chi connectivity index (χ2n) is 5.80. The van der Waals surface area contributed by atoms with Gasteiger partial charge in [0.1, 0.15) is 0 Å². The van der Waals surface area contributed by atoms with E-state index in [0.717, 1.165) is 18.2 Å². The maximum absolute atomic E-state index is 4.48. The molecule has 94 valence electrons. The number of aromatic nitrogens is 2. The van der Waals surface area contributed by atoms with Crippen molar-refractivity contribution in [1.29, 1.82) is 0 Å². The first kappa shape index (κ1) is 11.7. The van der Waals surface area contributed by atoms with Crippen molar-refractivity contribution in [3.63, 3.8) is 0 Å². The standard InChI is InChI=1S/C13H20BrN3/c1-9-12(14)11(17(2)16-9)7-13(5-6-13)8-15-10-3-4-10/h10,15H,3-8H2,1-2H3. The average Bonchev–Trinajstić information content (AvgIpc) is 3.16. The number of halogens is 1. The zero-order valence-electron chi connectivity index (χ0n) is 10.6. The Hall–Kier alpha value is -0.350. The molecule has 0 unspecified atom stereocenters. The van der Waals surface area contributed by atoms with Gasteiger partial charge in [-0.2, -0.15) is 5.10 Å². The minimum absolute atomic E-state index is 0.519. The molecule has 3 nitrogen and oxygen atoms in total. The van der Waals surface area contributed by atoms with Gasteiger partial charge in [0.2, 0.25) is 0 Å². The van der Waals surface area contributed by atoms with E-state index < -0.39 is 0 Å². The lowest BCUT2D eigenvalue weighted by atomic mass is 10.00. The highest BCUT2D eigenvalue weighted by Crippen LogP contribution is 2.49. The summed E-state index contributed by atoms with van der Waals surface area (Å²) in [5, 5.41) is 8.16. The largest absolute Gasteiger partial charge is 0.313 e. The van der Waals surface area contributed by atoms with Gasteiger partial charge in [0.25, 0.3) is 0 Å². The summed E-state index contributed by atoms with van der Waals surface area (Å²) in [6.45, 7) is 3.25. The molecule has 0 aliphatic heterocycles. The number of hydrogen-bond acceptors (Lipinski definition) is 2. The van der Waals surface area contributed by atoms with E-state index in [1.54, 1.807) is 0 Å². The van der Waals surface area contributed by atoms with Gasteiger partial charge in [-0.15, -0.1) is 0 Å². The summed E-state index contributed by atoms with van der Waals surface area (Å²) in [5.41, 5.74) is 2.98. The Kier molecular flexibility index (Phi) is 2.82. The Balaban J connectivity index is 1.68. The molecule has 0 spiro atoms. The quantitative estimate of drug-likeness (QED) is 0.905. The number of hydrogen-bond donors (Lipinski definition) is 1. The van der Waals surface area contributed by atoms with E-state index in [0.29, 0.717) is 5.41 Å². The zero-order valence-corrected chi connectivity index (χ0v) is 12.2. The first-order valence-corrected chi connectivity index (χ1v) is 7.30. The van der Waals surface area contributed by atoms with Crippen LogP contribution in [0.3, 0.4) is 0 Å². The minimum atomic E-state index is 0.519. The zero-order chi connectivity index (χ0) is 12.0. The van der Waals surface area contributed by atoms with Gasteiger partial charge < -0.3 is 5.32 Å². The van der Waals surface area contributed by atoms with Crippen LogP contribution in [-0.4, -0.2) is 22.4 Å². The van der Waals surface area contributed by atoms with Gasteiger partial charge in [-0.3, -0.25) is 4.68 Å². The maximum Gasteiger partial charge on any atom is 0.0738 e. The second-order valence-corrected chi connectivity index (χ2v) is 6.59. The fraction of sp³-hybridized carbons (Fsp3) is 0.769. The molecule has 1 aromatic rings. The van der Waals surface area contributed by atoms with E-state index >= 15 is 0 Å². The molecule has 0 bridgehead atoms. The Labute approximate surface area is 111 Å². The van der Waals surface area contributed by atoms with Crippen LogP contribution in [0.4, 0.5) is 0 Å². The Bertz CT molecular complexity index is 430. The topological polar surface area (TPSA) is 29.9 Å². The third kappa shape index (κ3) is 2.43. The van der Waals surface area contributed by atoms with Crippen LogP contribution in [-0.2, 0) is 13.5 Å². The van der Waals surface area contributed by atoms with Gasteiger partial charge in [0, 0.05) is 19.6 Å². The molecule has 0 radical (unpaired) electrons. The molecule has 0 saturated heterocycles. The average molecular weight is 298 g/mol. The predicted molar refractivity (Wildman–Crippen MR) is 72.0 cm³/mol. The molecule has 1 N–H and O–H groups in total. The molecule has 1 aromatic heterocycles. The molecule has 0 atom stereocenters. The minimum Gasteiger partial charge on any atom is -0.313 e. The fourth-order valence-corrected chi connectivity index (χ4v) is 2.94. The van der Waals surface area contributed by atoms with E-state index in [-0.39, 0.29) is 0 Å². The van der Waals surface area contributed by atoms with Crippen molar-refractivity contribution in [2.75, 3.05) is 6.54 Å². The van der Waals surface area contributed by atoms with E-state index in [1.165, 1.54) is 42.4 Å². The van der Waals surface area contributed by atoms with E-state index in [4.69, 9.17) is 0 Å². The van der Waals surface area contributed by atoms with Crippen molar-refractivity contribution in [3.8, 4) is 0 Å². The third-order valence-corrected chi connectivity index (χ3v) is 5.14. The van der Waals surface area contributed by atoms with Gasteiger partial charge in [0.15, 0.2) is 0 Å². The SMILES string of the molecule is Cc1nn(C)c(CC2(CNC3CC3)CC2)c1Br. The molecular formula is C13H20BrN3. The lowest BCUT2D eigenvalue weighted by Crippen LogP contribution is -2.27. The second kappa shape index (κ2) is 4.09. The highest BCUT2D eigenvalue weighted by Gasteiger charge is 2.44. The fourth-order valence-electron chi connectivity index (χ4n) is 2.47. The first-order valence-electron chi connectivity index (χ1n) is 6.51. The van der Waals surface area contributed by atoms with Gasteiger partial charge in [-0.05, 0) is 60.4 Å². The third-order valence-electron chi connectivity index (χ3n) is 4.10. The molecule has 17 heavy (non-hydrogen) atoms. The Morgan fingerprint density at radius 2 is 2.18 bits per heavy atom. The molecule has 2 saturated carbocycles. The Morgan fingerprint density at radius 1 is 1.47 bits per heavy atom. The molecule has 0 aromatic carbocycles. The number of nitrogens with zero attached hydrogens (tertiary/aromatic N) is 2. The van der Waals surface area contributed by atoms with Crippen LogP contribution in [0.5, 0.6) is 0 Å². The summed E-state index contributed by atoms with van der Waals surface area (Å²) in [6.07, 6.45) is 6.65. The first-order chi connectivity index (χ1) is 8.10. The van der Waals surface area contributed by atoms with Crippen molar-refractivity contribution < 1.29 is 0 Å². The van der Waals surface area contributed by atoms with Crippen LogP contribution in [0.2, 0.25) is 0 Å². The van der Waals surface area contributed by atoms with Gasteiger partial charge >= 0.3 is 0 Å². The van der Waals surface area contributed by atoms with Crippen LogP contribution < -0.4 is 5.32 Å². The normalized spacial score (nSPS) is 21.8. The summed E-state index contributed by atoms with van der Waals surface area (Å²) in [4.78, 5) is 0. The molecule has 2 aliphatic rings. The molecule has 0 amide bonds. The predicted octanol–water partition coefficient (Wildman–Crippen LogP) is 2.57. The number of nitrogens with one attached hydrogen (secondary N) is 1. The van der Waals surface area contributed by atoms with E-state index in [2.05, 4.69) is 40.3 Å². The van der Waals surface area contributed by atoms with Crippen LogP contribution >= 0.6 is 15.9 Å². The van der Waals surface area contributed by atoms with Gasteiger partial charge in [-0.25, -0.2) is 0 Å². The summed E-state index contributed by atoms with van der Waals surface area (Å²) < 4.78 is 3.24. The lowest BCUT2D eigenvalue weighted by Gasteiger charge is -2.16. The summed E-state index contributed by atoms with van der Waals surface area (Å²) >= 11 is 3.67. The lowest BCUT2D eigenvalue weighted by molar-refractivity contribution is 0.440. The monoisotopic (exact) mass is 297 g/mol. The molecule has 1 heterocycles. The van der Waals surface area contributed by atoms with Crippen molar-refractivity contribution in [2.24, 2.45) is 12.5 Å². The van der Waals surface area contributed by atoms with Gasteiger partial charge in [-0.1, -0.05) is 0 Å². The number of aryl methyl sites for hydroxylation is 2. The number of rotatable bonds is 5. The maximum atomic E-state index is 4.48. The molecule has 4 heteroatoms. The highest BCUT2D eigenvalue weighted by molar-refractivity contribution is 9.10. The van der Waals surface area contributed by atoms with Crippen molar-refractivity contribution in [1.82, 2.24) is 15.1 Å². The van der Waals surface area contributed by atoms with Crippen molar-refractivity contribution >= 4 is 15.9 Å². The molecule has 2 fully saturated rings. The van der Waals surface area contributed by atoms with Crippen molar-refractivity contribution in [3.05, 3.63) is 15.9 Å². The molecule has 3 rings (SSSR count). The molecule has 2 aliphatic carbocycles. The Morgan fingerprint density at radius 3 is 2.65 bits per heavy atom. The van der Waals surface area contributed by atoms with Crippen LogP contribution in [0.15, 0.2) is 4.47 Å². The highest BCUT2D eigenvalue weighted by atomic mass is 79.9. The summed E-state index contributed by atoms with van der Waals surface area (Å²) in [6, 6.07) is 0.823. The van der Waals surface area contributed by atoms with E-state index in [9.17, 15) is 0 Å².